The van der Waals surface area contributed by atoms with Crippen molar-refractivity contribution in [3.8, 4) is 0 Å². The molecule has 1 aromatic rings. The maximum absolute atomic E-state index is 11.7. The second kappa shape index (κ2) is 9.06. The molecule has 0 aliphatic carbocycles. The lowest BCUT2D eigenvalue weighted by atomic mass is 10.2. The van der Waals surface area contributed by atoms with Gasteiger partial charge in [-0.05, 0) is 18.2 Å². The summed E-state index contributed by atoms with van der Waals surface area (Å²) in [6, 6.07) is 7.04. The molecule has 0 saturated carbocycles. The van der Waals surface area contributed by atoms with E-state index in [2.05, 4.69) is 16.0 Å². The monoisotopic (exact) mass is 279 g/mol. The third-order valence-corrected chi connectivity index (χ3v) is 2.48. The fraction of sp³-hybridized carbons (Fsp3) is 0.429. The highest BCUT2D eigenvalue weighted by Gasteiger charge is 2.03. The van der Waals surface area contributed by atoms with E-state index >= 15 is 0 Å². The van der Waals surface area contributed by atoms with Gasteiger partial charge >= 0.3 is 0 Å². The van der Waals surface area contributed by atoms with Crippen molar-refractivity contribution in [1.29, 1.82) is 0 Å². The first-order valence-corrected chi connectivity index (χ1v) is 6.49. The molecule has 20 heavy (non-hydrogen) atoms. The summed E-state index contributed by atoms with van der Waals surface area (Å²) in [4.78, 5) is 22.7. The molecule has 1 aromatic carbocycles. The minimum absolute atomic E-state index is 0.0742. The minimum atomic E-state index is -0.143. The van der Waals surface area contributed by atoms with Crippen molar-refractivity contribution >= 4 is 23.2 Å². The summed E-state index contributed by atoms with van der Waals surface area (Å²) < 4.78 is 4.89. The molecule has 6 nitrogen and oxygen atoms in total. The van der Waals surface area contributed by atoms with Gasteiger partial charge in [-0.15, -0.1) is 0 Å². The summed E-state index contributed by atoms with van der Waals surface area (Å²) in [5.74, 6) is -0.217. The molecule has 0 fully saturated rings. The number of benzene rings is 1. The Labute approximate surface area is 118 Å². The average Bonchev–Trinajstić information content (AvgIpc) is 2.38. The van der Waals surface area contributed by atoms with E-state index in [1.807, 2.05) is 0 Å². The van der Waals surface area contributed by atoms with Crippen molar-refractivity contribution < 1.29 is 14.3 Å². The maximum atomic E-state index is 11.7. The molecule has 0 unspecified atom stereocenters. The van der Waals surface area contributed by atoms with Crippen LogP contribution in [0.2, 0.25) is 0 Å². The molecule has 0 aliphatic rings. The maximum Gasteiger partial charge on any atom is 0.225 e. The molecule has 0 heterocycles. The molecule has 0 radical (unpaired) electrons. The van der Waals surface area contributed by atoms with Gasteiger partial charge in [-0.25, -0.2) is 0 Å². The van der Waals surface area contributed by atoms with Gasteiger partial charge in [0.15, 0.2) is 0 Å². The van der Waals surface area contributed by atoms with Crippen LogP contribution in [0.15, 0.2) is 24.3 Å². The molecule has 0 bridgehead atoms. The summed E-state index contributed by atoms with van der Waals surface area (Å²) >= 11 is 0. The van der Waals surface area contributed by atoms with Crippen molar-refractivity contribution in [2.75, 3.05) is 37.4 Å². The number of ether oxygens (including phenoxy) is 1. The van der Waals surface area contributed by atoms with Crippen molar-refractivity contribution in [2.24, 2.45) is 0 Å². The third-order valence-electron chi connectivity index (χ3n) is 2.48. The van der Waals surface area contributed by atoms with Gasteiger partial charge < -0.3 is 20.7 Å². The molecule has 0 atom stereocenters. The van der Waals surface area contributed by atoms with Crippen molar-refractivity contribution in [3.05, 3.63) is 24.3 Å². The van der Waals surface area contributed by atoms with Crippen LogP contribution in [-0.4, -0.2) is 38.6 Å². The van der Waals surface area contributed by atoms with E-state index in [-0.39, 0.29) is 11.8 Å². The average molecular weight is 279 g/mol. The van der Waals surface area contributed by atoms with Gasteiger partial charge in [0.2, 0.25) is 11.8 Å². The first-order valence-electron chi connectivity index (χ1n) is 6.49. The number of methoxy groups -OCH3 is 1. The summed E-state index contributed by atoms with van der Waals surface area (Å²) in [6.45, 7) is 3.39. The number of hydrogen-bond acceptors (Lipinski definition) is 4. The molecule has 2 amide bonds. The van der Waals surface area contributed by atoms with Crippen molar-refractivity contribution in [3.63, 3.8) is 0 Å². The number of carbonyl (C=O) groups is 2. The van der Waals surface area contributed by atoms with Crippen molar-refractivity contribution in [1.82, 2.24) is 5.32 Å². The Morgan fingerprint density at radius 1 is 1.15 bits per heavy atom. The molecule has 110 valence electrons. The molecule has 1 rings (SSSR count). The van der Waals surface area contributed by atoms with Crippen LogP contribution in [-0.2, 0) is 14.3 Å². The molecule has 6 heteroatoms. The van der Waals surface area contributed by atoms with Gasteiger partial charge in [0.1, 0.15) is 0 Å². The molecule has 0 spiro atoms. The lowest BCUT2D eigenvalue weighted by molar-refractivity contribution is -0.116. The molecular weight excluding hydrogens is 258 g/mol. The highest BCUT2D eigenvalue weighted by molar-refractivity contribution is 5.93. The van der Waals surface area contributed by atoms with Gasteiger partial charge in [-0.1, -0.05) is 6.07 Å². The molecule has 3 N–H and O–H groups in total. The van der Waals surface area contributed by atoms with Crippen LogP contribution in [0.4, 0.5) is 11.4 Å². The topological polar surface area (TPSA) is 79.5 Å². The summed E-state index contributed by atoms with van der Waals surface area (Å²) in [5, 5.41) is 8.55. The van der Waals surface area contributed by atoms with E-state index in [0.29, 0.717) is 30.9 Å². The first-order chi connectivity index (χ1) is 9.61. The zero-order valence-corrected chi connectivity index (χ0v) is 11.9. The van der Waals surface area contributed by atoms with Crippen LogP contribution in [0.1, 0.15) is 13.3 Å². The van der Waals surface area contributed by atoms with Crippen LogP contribution in [0.5, 0.6) is 0 Å². The van der Waals surface area contributed by atoms with Gasteiger partial charge in [-0.3, -0.25) is 9.59 Å². The number of amides is 2. The number of rotatable bonds is 8. The number of hydrogen-bond donors (Lipinski definition) is 3. The Morgan fingerprint density at radius 3 is 2.50 bits per heavy atom. The predicted octanol–water partition coefficient (Wildman–Crippen LogP) is 1.21. The highest BCUT2D eigenvalue weighted by Crippen LogP contribution is 2.15. The van der Waals surface area contributed by atoms with Crippen molar-refractivity contribution in [2.45, 2.75) is 13.3 Å². The zero-order valence-electron chi connectivity index (χ0n) is 11.9. The van der Waals surface area contributed by atoms with Gasteiger partial charge in [-0.2, -0.15) is 0 Å². The van der Waals surface area contributed by atoms with Crippen LogP contribution in [0.3, 0.4) is 0 Å². The Kier molecular flexibility index (Phi) is 7.31. The number of anilines is 2. The lowest BCUT2D eigenvalue weighted by Gasteiger charge is -2.08. The van der Waals surface area contributed by atoms with Gasteiger partial charge in [0, 0.05) is 44.9 Å². The van der Waals surface area contributed by atoms with Crippen LogP contribution >= 0.6 is 0 Å². The summed E-state index contributed by atoms with van der Waals surface area (Å²) in [5.41, 5.74) is 1.33. The van der Waals surface area contributed by atoms with Gasteiger partial charge in [0.25, 0.3) is 0 Å². The smallest absolute Gasteiger partial charge is 0.225 e. The Bertz CT molecular complexity index is 449. The lowest BCUT2D eigenvalue weighted by Crippen LogP contribution is -2.24. The van der Waals surface area contributed by atoms with E-state index in [4.69, 9.17) is 4.74 Å². The number of nitrogens with one attached hydrogen (secondary N) is 3. The fourth-order valence-corrected chi connectivity index (χ4v) is 1.60. The molecule has 0 saturated heterocycles. The first kappa shape index (κ1) is 16.1. The van der Waals surface area contributed by atoms with E-state index in [1.165, 1.54) is 6.92 Å². The minimum Gasteiger partial charge on any atom is -0.383 e. The van der Waals surface area contributed by atoms with E-state index < -0.39 is 0 Å². The molecule has 0 aliphatic heterocycles. The second-order valence-corrected chi connectivity index (χ2v) is 4.30. The Hall–Kier alpha value is -1.92. The van der Waals surface area contributed by atoms with E-state index in [9.17, 15) is 9.59 Å². The van der Waals surface area contributed by atoms with E-state index in [0.717, 1.165) is 6.54 Å². The normalized spacial score (nSPS) is 10.1. The highest BCUT2D eigenvalue weighted by atomic mass is 16.5. The summed E-state index contributed by atoms with van der Waals surface area (Å²) in [7, 11) is 1.64. The second-order valence-electron chi connectivity index (χ2n) is 4.30. The largest absolute Gasteiger partial charge is 0.383 e. The Balaban J connectivity index is 2.36. The van der Waals surface area contributed by atoms with Gasteiger partial charge in [0.05, 0.1) is 6.61 Å². The Morgan fingerprint density at radius 2 is 1.85 bits per heavy atom. The quantitative estimate of drug-likeness (QED) is 0.625. The fourth-order valence-electron chi connectivity index (χ4n) is 1.60. The van der Waals surface area contributed by atoms with Crippen LogP contribution < -0.4 is 16.0 Å². The summed E-state index contributed by atoms with van der Waals surface area (Å²) in [6.07, 6.45) is 0.383. The SMILES string of the molecule is COCCNCCC(=O)Nc1cccc(NC(C)=O)c1. The molecule has 0 aromatic heterocycles. The predicted molar refractivity (Wildman–Crippen MR) is 78.7 cm³/mol. The van der Waals surface area contributed by atoms with E-state index in [1.54, 1.807) is 31.4 Å². The number of carbonyl (C=O) groups excluding carboxylic acids is 2. The third kappa shape index (κ3) is 6.86. The molecular formula is C14H21N3O3. The van der Waals surface area contributed by atoms with Crippen LogP contribution in [0.25, 0.3) is 0 Å². The zero-order chi connectivity index (χ0) is 14.8. The van der Waals surface area contributed by atoms with Crippen LogP contribution in [0, 0.1) is 0 Å². The standard InChI is InChI=1S/C14H21N3O3/c1-11(18)16-12-4-3-5-13(10-12)17-14(19)6-7-15-8-9-20-2/h3-5,10,15H,6-9H2,1-2H3,(H,16,18)(H,17,19).